The first kappa shape index (κ1) is 15.7. The largest absolute Gasteiger partial charge is 0.367 e. The third-order valence-corrected chi connectivity index (χ3v) is 4.76. The zero-order valence-corrected chi connectivity index (χ0v) is 14.2. The van der Waals surface area contributed by atoms with Crippen LogP contribution >= 0.6 is 0 Å². The smallest absolute Gasteiger partial charge is 0.263 e. The van der Waals surface area contributed by atoms with Crippen LogP contribution < -0.4 is 5.32 Å². The molecule has 1 aliphatic carbocycles. The van der Waals surface area contributed by atoms with Crippen molar-refractivity contribution in [3.8, 4) is 22.8 Å². The Kier molecular flexibility index (Phi) is 4.41. The maximum absolute atomic E-state index is 5.47. The van der Waals surface area contributed by atoms with Crippen LogP contribution in [0.25, 0.3) is 22.8 Å². The highest BCUT2D eigenvalue weighted by molar-refractivity contribution is 5.69. The Bertz CT molecular complexity index is 825. The molecule has 6 nitrogen and oxygen atoms in total. The lowest BCUT2D eigenvalue weighted by molar-refractivity contribution is 0.360. The maximum Gasteiger partial charge on any atom is 0.263 e. The highest BCUT2D eigenvalue weighted by Gasteiger charge is 2.21. The lowest BCUT2D eigenvalue weighted by Crippen LogP contribution is -2.26. The van der Waals surface area contributed by atoms with Gasteiger partial charge in [-0.3, -0.25) is 0 Å². The van der Waals surface area contributed by atoms with Crippen molar-refractivity contribution in [1.29, 1.82) is 0 Å². The molecule has 0 saturated heterocycles. The van der Waals surface area contributed by atoms with Crippen molar-refractivity contribution in [3.05, 3.63) is 42.9 Å². The summed E-state index contributed by atoms with van der Waals surface area (Å²) in [7, 11) is 0. The van der Waals surface area contributed by atoms with E-state index in [1.807, 2.05) is 30.3 Å². The zero-order valence-electron chi connectivity index (χ0n) is 14.2. The van der Waals surface area contributed by atoms with Crippen LogP contribution in [0.5, 0.6) is 0 Å². The molecular weight excluding hydrogens is 314 g/mol. The molecule has 0 radical (unpaired) electrons. The molecule has 1 aliphatic rings. The van der Waals surface area contributed by atoms with Gasteiger partial charge in [-0.25, -0.2) is 9.97 Å². The molecule has 1 saturated carbocycles. The van der Waals surface area contributed by atoms with E-state index in [-0.39, 0.29) is 0 Å². The molecule has 0 aliphatic heterocycles. The molecule has 1 N–H and O–H groups in total. The van der Waals surface area contributed by atoms with Gasteiger partial charge in [-0.15, -0.1) is 0 Å². The van der Waals surface area contributed by atoms with Gasteiger partial charge in [0.05, 0.1) is 0 Å². The fourth-order valence-electron chi connectivity index (χ4n) is 3.24. The molecular formula is C19H21N5O. The van der Waals surface area contributed by atoms with Crippen molar-refractivity contribution < 1.29 is 4.52 Å². The summed E-state index contributed by atoms with van der Waals surface area (Å²) < 4.78 is 5.47. The number of aromatic nitrogens is 4. The lowest BCUT2D eigenvalue weighted by atomic mass is 9.87. The summed E-state index contributed by atoms with van der Waals surface area (Å²) in [4.78, 5) is 13.0. The van der Waals surface area contributed by atoms with E-state index in [1.165, 1.54) is 12.8 Å². The average molecular weight is 335 g/mol. The van der Waals surface area contributed by atoms with Gasteiger partial charge in [-0.05, 0) is 31.6 Å². The van der Waals surface area contributed by atoms with Gasteiger partial charge < -0.3 is 9.84 Å². The number of nitrogens with one attached hydrogen (secondary N) is 1. The van der Waals surface area contributed by atoms with E-state index in [2.05, 4.69) is 32.3 Å². The van der Waals surface area contributed by atoms with Crippen molar-refractivity contribution in [1.82, 2.24) is 20.1 Å². The van der Waals surface area contributed by atoms with E-state index in [9.17, 15) is 0 Å². The molecule has 1 fully saturated rings. The number of benzene rings is 1. The highest BCUT2D eigenvalue weighted by atomic mass is 16.5. The van der Waals surface area contributed by atoms with E-state index in [1.54, 1.807) is 12.5 Å². The Morgan fingerprint density at radius 3 is 2.68 bits per heavy atom. The molecule has 1 aromatic carbocycles. The number of hydrogen-bond donors (Lipinski definition) is 1. The number of rotatable bonds is 4. The van der Waals surface area contributed by atoms with Gasteiger partial charge in [0.1, 0.15) is 17.7 Å². The third kappa shape index (κ3) is 3.52. The van der Waals surface area contributed by atoms with Crippen LogP contribution in [0, 0.1) is 5.92 Å². The predicted molar refractivity (Wildman–Crippen MR) is 95.8 cm³/mol. The van der Waals surface area contributed by atoms with E-state index >= 15 is 0 Å². The van der Waals surface area contributed by atoms with Gasteiger partial charge in [-0.1, -0.05) is 42.4 Å². The van der Waals surface area contributed by atoms with Crippen molar-refractivity contribution in [2.24, 2.45) is 5.92 Å². The molecule has 128 valence electrons. The Morgan fingerprint density at radius 2 is 1.88 bits per heavy atom. The van der Waals surface area contributed by atoms with Gasteiger partial charge in [0.2, 0.25) is 5.82 Å². The summed E-state index contributed by atoms with van der Waals surface area (Å²) in [6.45, 7) is 2.32. The van der Waals surface area contributed by atoms with Crippen LogP contribution in [0.1, 0.15) is 32.6 Å². The number of hydrogen-bond acceptors (Lipinski definition) is 6. The number of anilines is 1. The second kappa shape index (κ2) is 7.01. The molecule has 0 atom stereocenters. The first-order chi connectivity index (χ1) is 12.3. The maximum atomic E-state index is 5.47. The second-order valence-electron chi connectivity index (χ2n) is 6.68. The molecule has 0 amide bonds. The molecule has 0 bridgehead atoms. The van der Waals surface area contributed by atoms with Gasteiger partial charge in [0.25, 0.3) is 5.89 Å². The third-order valence-electron chi connectivity index (χ3n) is 4.76. The number of nitrogens with zero attached hydrogens (tertiary/aromatic N) is 4. The Balaban J connectivity index is 1.58. The fourth-order valence-corrected chi connectivity index (χ4v) is 3.24. The normalized spacial score (nSPS) is 20.4. The summed E-state index contributed by atoms with van der Waals surface area (Å²) in [6.07, 6.45) is 8.08. The molecule has 2 aromatic heterocycles. The summed E-state index contributed by atoms with van der Waals surface area (Å²) in [5.74, 6) is 2.58. The van der Waals surface area contributed by atoms with E-state index in [0.717, 1.165) is 35.7 Å². The Hall–Kier alpha value is -2.76. The highest BCUT2D eigenvalue weighted by Crippen LogP contribution is 2.30. The minimum atomic E-state index is 0.432. The summed E-state index contributed by atoms with van der Waals surface area (Å²) in [6, 6.07) is 10.2. The molecule has 4 rings (SSSR count). The average Bonchev–Trinajstić information content (AvgIpc) is 3.15. The molecule has 25 heavy (non-hydrogen) atoms. The molecule has 0 spiro atoms. The van der Waals surface area contributed by atoms with Crippen molar-refractivity contribution in [3.63, 3.8) is 0 Å². The summed E-state index contributed by atoms with van der Waals surface area (Å²) >= 11 is 0. The summed E-state index contributed by atoms with van der Waals surface area (Å²) in [5.41, 5.74) is 1.67. The predicted octanol–water partition coefficient (Wildman–Crippen LogP) is 4.18. The van der Waals surface area contributed by atoms with Crippen LogP contribution in [0.3, 0.4) is 0 Å². The van der Waals surface area contributed by atoms with Gasteiger partial charge in [0, 0.05) is 17.8 Å². The monoisotopic (exact) mass is 335 g/mol. The second-order valence-corrected chi connectivity index (χ2v) is 6.68. The van der Waals surface area contributed by atoms with Crippen molar-refractivity contribution >= 4 is 5.82 Å². The Morgan fingerprint density at radius 1 is 1.08 bits per heavy atom. The molecule has 6 heteroatoms. The molecule has 3 aromatic rings. The SMILES string of the molecule is CC1CCC(Nc2ncncc2-c2nc(-c3ccccc3)no2)CC1. The lowest BCUT2D eigenvalue weighted by Gasteiger charge is -2.27. The molecule has 0 unspecified atom stereocenters. The zero-order chi connectivity index (χ0) is 17.1. The topological polar surface area (TPSA) is 76.7 Å². The Labute approximate surface area is 146 Å². The van der Waals surface area contributed by atoms with Crippen LogP contribution in [-0.2, 0) is 0 Å². The van der Waals surface area contributed by atoms with Crippen LogP contribution in [0.2, 0.25) is 0 Å². The quantitative estimate of drug-likeness (QED) is 0.770. The minimum absolute atomic E-state index is 0.432. The first-order valence-electron chi connectivity index (χ1n) is 8.75. The van der Waals surface area contributed by atoms with Crippen LogP contribution in [0.15, 0.2) is 47.4 Å². The fraction of sp³-hybridized carbons (Fsp3) is 0.368. The van der Waals surface area contributed by atoms with E-state index < -0.39 is 0 Å². The first-order valence-corrected chi connectivity index (χ1v) is 8.75. The van der Waals surface area contributed by atoms with Crippen molar-refractivity contribution in [2.45, 2.75) is 38.6 Å². The van der Waals surface area contributed by atoms with Gasteiger partial charge in [0.15, 0.2) is 0 Å². The van der Waals surface area contributed by atoms with Crippen LogP contribution in [0.4, 0.5) is 5.82 Å². The minimum Gasteiger partial charge on any atom is -0.367 e. The van der Waals surface area contributed by atoms with E-state index in [4.69, 9.17) is 4.52 Å². The summed E-state index contributed by atoms with van der Waals surface area (Å²) in [5, 5.41) is 7.63. The van der Waals surface area contributed by atoms with Crippen molar-refractivity contribution in [2.75, 3.05) is 5.32 Å². The van der Waals surface area contributed by atoms with E-state index in [0.29, 0.717) is 17.8 Å². The van der Waals surface area contributed by atoms with Crippen LogP contribution in [-0.4, -0.2) is 26.2 Å². The van der Waals surface area contributed by atoms with Gasteiger partial charge >= 0.3 is 0 Å². The standard InChI is InChI=1S/C19H21N5O/c1-13-7-9-15(10-8-13)22-18-16(11-20-12-21-18)19-23-17(24-25-19)14-5-3-2-4-6-14/h2-6,11-13,15H,7-10H2,1H3,(H,20,21,22). The van der Waals surface area contributed by atoms with Gasteiger partial charge in [-0.2, -0.15) is 4.98 Å². The molecule has 2 heterocycles.